The van der Waals surface area contributed by atoms with Gasteiger partial charge >= 0.3 is 7.94 Å². The zero-order chi connectivity index (χ0) is 19.3. The Morgan fingerprint density at radius 3 is 2.33 bits per heavy atom. The van der Waals surface area contributed by atoms with Crippen molar-refractivity contribution in [3.63, 3.8) is 0 Å². The van der Waals surface area contributed by atoms with Gasteiger partial charge in [-0.3, -0.25) is 0 Å². The van der Waals surface area contributed by atoms with E-state index in [1.807, 2.05) is 32.0 Å². The highest BCUT2D eigenvalue weighted by molar-refractivity contribution is 7.60. The SMILES string of the molecule is CCO[P+](O)(COc1cccc2c1cc(C)n2Cc1ccccc1)OCC. The van der Waals surface area contributed by atoms with Gasteiger partial charge in [0.15, 0.2) is 0 Å². The van der Waals surface area contributed by atoms with Crippen molar-refractivity contribution in [3.05, 3.63) is 65.9 Å². The summed E-state index contributed by atoms with van der Waals surface area (Å²) < 4.78 is 19.1. The van der Waals surface area contributed by atoms with Gasteiger partial charge in [-0.1, -0.05) is 36.4 Å². The molecular formula is C21H27NO4P+. The van der Waals surface area contributed by atoms with E-state index in [1.54, 1.807) is 0 Å². The summed E-state index contributed by atoms with van der Waals surface area (Å²) in [5.41, 5.74) is 3.51. The van der Waals surface area contributed by atoms with Gasteiger partial charge in [0, 0.05) is 17.6 Å². The van der Waals surface area contributed by atoms with Crippen LogP contribution in [0.3, 0.4) is 0 Å². The van der Waals surface area contributed by atoms with Gasteiger partial charge in [0.05, 0.1) is 18.7 Å². The number of aromatic nitrogens is 1. The molecule has 0 fully saturated rings. The number of aryl methyl sites for hydroxylation is 1. The summed E-state index contributed by atoms with van der Waals surface area (Å²) in [6.45, 7) is 7.31. The summed E-state index contributed by atoms with van der Waals surface area (Å²) in [6, 6.07) is 18.5. The lowest BCUT2D eigenvalue weighted by Gasteiger charge is -2.16. The Morgan fingerprint density at radius 2 is 1.67 bits per heavy atom. The molecule has 0 atom stereocenters. The molecule has 2 aromatic carbocycles. The van der Waals surface area contributed by atoms with Crippen molar-refractivity contribution >= 4 is 18.8 Å². The highest BCUT2D eigenvalue weighted by Gasteiger charge is 2.41. The van der Waals surface area contributed by atoms with Crippen molar-refractivity contribution < 1.29 is 18.7 Å². The van der Waals surface area contributed by atoms with Gasteiger partial charge in [0.25, 0.3) is 6.35 Å². The van der Waals surface area contributed by atoms with E-state index in [9.17, 15) is 4.89 Å². The van der Waals surface area contributed by atoms with Crippen molar-refractivity contribution in [1.29, 1.82) is 0 Å². The van der Waals surface area contributed by atoms with E-state index < -0.39 is 7.94 Å². The number of fused-ring (bicyclic) bond motifs is 1. The molecule has 5 nitrogen and oxygen atoms in total. The molecule has 0 saturated heterocycles. The number of hydrogen-bond donors (Lipinski definition) is 1. The molecule has 1 N–H and O–H groups in total. The number of rotatable bonds is 9. The first kappa shape index (κ1) is 19.8. The van der Waals surface area contributed by atoms with E-state index >= 15 is 0 Å². The normalized spacial score (nSPS) is 11.9. The number of benzene rings is 2. The first-order chi connectivity index (χ1) is 13.1. The largest absolute Gasteiger partial charge is 0.450 e. The molecule has 3 aromatic rings. The highest BCUT2D eigenvalue weighted by atomic mass is 31.2. The van der Waals surface area contributed by atoms with E-state index in [1.165, 1.54) is 5.56 Å². The van der Waals surface area contributed by atoms with Crippen LogP contribution in [0.2, 0.25) is 0 Å². The van der Waals surface area contributed by atoms with Gasteiger partial charge in [0.2, 0.25) is 0 Å². The average molecular weight is 388 g/mol. The van der Waals surface area contributed by atoms with Crippen LogP contribution in [-0.2, 0) is 15.6 Å². The topological polar surface area (TPSA) is 52.8 Å². The fraction of sp³-hybridized carbons (Fsp3) is 0.333. The van der Waals surface area contributed by atoms with Crippen LogP contribution in [-0.4, -0.2) is 29.0 Å². The number of nitrogens with zero attached hydrogens (tertiary/aromatic N) is 1. The fourth-order valence-corrected chi connectivity index (χ4v) is 4.49. The van der Waals surface area contributed by atoms with Crippen LogP contribution in [0.1, 0.15) is 25.1 Å². The Bertz CT molecular complexity index is 873. The Morgan fingerprint density at radius 1 is 0.963 bits per heavy atom. The summed E-state index contributed by atoms with van der Waals surface area (Å²) >= 11 is 0. The van der Waals surface area contributed by atoms with Crippen molar-refractivity contribution in [3.8, 4) is 5.75 Å². The zero-order valence-electron chi connectivity index (χ0n) is 16.1. The maximum atomic E-state index is 10.5. The first-order valence-electron chi connectivity index (χ1n) is 9.21. The standard InChI is InChI=1S/C21H27NO4P/c1-4-25-27(23,26-5-2)16-24-21-13-9-12-20-19(21)14-17(3)22(20)15-18-10-7-6-8-11-18/h6-14,23H,4-5,15-16H2,1-3H3/q+1. The molecule has 27 heavy (non-hydrogen) atoms. The van der Waals surface area contributed by atoms with Gasteiger partial charge in [-0.05, 0) is 44.5 Å². The van der Waals surface area contributed by atoms with Crippen LogP contribution >= 0.6 is 7.94 Å². The van der Waals surface area contributed by atoms with Crippen LogP contribution in [0.25, 0.3) is 10.9 Å². The first-order valence-corrected chi connectivity index (χ1v) is 11.0. The lowest BCUT2D eigenvalue weighted by Crippen LogP contribution is -2.11. The molecule has 0 radical (unpaired) electrons. The van der Waals surface area contributed by atoms with Gasteiger partial charge < -0.3 is 9.30 Å². The Balaban J connectivity index is 1.86. The lowest BCUT2D eigenvalue weighted by atomic mass is 10.2. The van der Waals surface area contributed by atoms with Crippen LogP contribution in [0.5, 0.6) is 5.75 Å². The third-order valence-electron chi connectivity index (χ3n) is 4.34. The molecule has 1 aromatic heterocycles. The predicted octanol–water partition coefficient (Wildman–Crippen LogP) is 5.16. The maximum Gasteiger partial charge on any atom is 0.449 e. The Hall–Kier alpha value is -1.91. The molecule has 0 saturated carbocycles. The van der Waals surface area contributed by atoms with E-state index in [4.69, 9.17) is 13.8 Å². The molecular weight excluding hydrogens is 361 g/mol. The van der Waals surface area contributed by atoms with E-state index in [-0.39, 0.29) is 6.35 Å². The fourth-order valence-electron chi connectivity index (χ4n) is 3.16. The van der Waals surface area contributed by atoms with E-state index in [2.05, 4.69) is 47.9 Å². The minimum atomic E-state index is -3.00. The monoisotopic (exact) mass is 388 g/mol. The Labute approximate surface area is 161 Å². The van der Waals surface area contributed by atoms with Crippen LogP contribution in [0.15, 0.2) is 54.6 Å². The zero-order valence-corrected chi connectivity index (χ0v) is 17.0. The van der Waals surface area contributed by atoms with Crippen LogP contribution in [0.4, 0.5) is 0 Å². The summed E-state index contributed by atoms with van der Waals surface area (Å²) in [5, 5.41) is 1.02. The minimum Gasteiger partial charge on any atom is -0.450 e. The smallest absolute Gasteiger partial charge is 0.449 e. The molecule has 0 unspecified atom stereocenters. The molecule has 0 amide bonds. The van der Waals surface area contributed by atoms with Crippen LogP contribution in [0, 0.1) is 6.92 Å². The summed E-state index contributed by atoms with van der Waals surface area (Å²) in [5.74, 6) is 0.722. The van der Waals surface area contributed by atoms with Gasteiger partial charge in [0.1, 0.15) is 5.75 Å². The molecule has 6 heteroatoms. The number of ether oxygens (including phenoxy) is 1. The van der Waals surface area contributed by atoms with Crippen molar-refractivity contribution in [2.45, 2.75) is 27.3 Å². The molecule has 0 aliphatic carbocycles. The molecule has 0 aliphatic heterocycles. The molecule has 1 heterocycles. The van der Waals surface area contributed by atoms with Gasteiger partial charge in [-0.2, -0.15) is 13.9 Å². The Kier molecular flexibility index (Phi) is 6.51. The maximum absolute atomic E-state index is 10.5. The summed E-state index contributed by atoms with van der Waals surface area (Å²) in [6.07, 6.45) is 0.0106. The second-order valence-electron chi connectivity index (χ2n) is 6.29. The second kappa shape index (κ2) is 8.85. The summed E-state index contributed by atoms with van der Waals surface area (Å²) in [7, 11) is -3.00. The van der Waals surface area contributed by atoms with Gasteiger partial charge in [-0.15, -0.1) is 0 Å². The number of hydrogen-bond acceptors (Lipinski definition) is 4. The second-order valence-corrected chi connectivity index (χ2v) is 8.34. The van der Waals surface area contributed by atoms with Crippen LogP contribution < -0.4 is 4.74 Å². The third-order valence-corrected chi connectivity index (χ3v) is 6.12. The molecule has 0 aliphatic rings. The van der Waals surface area contributed by atoms with E-state index in [0.29, 0.717) is 13.2 Å². The molecule has 0 bridgehead atoms. The summed E-state index contributed by atoms with van der Waals surface area (Å²) in [4.78, 5) is 10.5. The minimum absolute atomic E-state index is 0.0106. The lowest BCUT2D eigenvalue weighted by molar-refractivity contribution is 0.167. The molecule has 144 valence electrons. The molecule has 3 rings (SSSR count). The van der Waals surface area contributed by atoms with Gasteiger partial charge in [-0.25, -0.2) is 0 Å². The quantitative estimate of drug-likeness (QED) is 0.514. The molecule has 0 spiro atoms. The average Bonchev–Trinajstić information content (AvgIpc) is 2.97. The van der Waals surface area contributed by atoms with Crippen molar-refractivity contribution in [2.75, 3.05) is 19.6 Å². The highest BCUT2D eigenvalue weighted by Crippen LogP contribution is 2.56. The third kappa shape index (κ3) is 4.69. The van der Waals surface area contributed by atoms with Crippen molar-refractivity contribution in [1.82, 2.24) is 4.57 Å². The van der Waals surface area contributed by atoms with Crippen molar-refractivity contribution in [2.24, 2.45) is 0 Å². The van der Waals surface area contributed by atoms with E-state index in [0.717, 1.165) is 28.9 Å². The predicted molar refractivity (Wildman–Crippen MR) is 110 cm³/mol.